The van der Waals surface area contributed by atoms with Gasteiger partial charge in [-0.2, -0.15) is 4.31 Å². The fraction of sp³-hybridized carbons (Fsp3) is 0.632. The maximum atomic E-state index is 12.7. The van der Waals surface area contributed by atoms with Gasteiger partial charge in [0, 0.05) is 25.6 Å². The summed E-state index contributed by atoms with van der Waals surface area (Å²) in [5, 5.41) is 6.40. The molecule has 1 amide bonds. The van der Waals surface area contributed by atoms with E-state index in [0.717, 1.165) is 31.5 Å². The highest BCUT2D eigenvalue weighted by Crippen LogP contribution is 2.21. The third-order valence-electron chi connectivity index (χ3n) is 5.42. The monoisotopic (exact) mass is 415 g/mol. The van der Waals surface area contributed by atoms with Crippen LogP contribution in [-0.4, -0.2) is 50.9 Å². The van der Waals surface area contributed by atoms with Crippen LogP contribution < -0.4 is 10.6 Å². The van der Waals surface area contributed by atoms with E-state index in [-0.39, 0.29) is 24.4 Å². The molecule has 152 valence electrons. The van der Waals surface area contributed by atoms with Crippen LogP contribution in [0.2, 0.25) is 0 Å². The largest absolute Gasteiger partial charge is 0.353 e. The van der Waals surface area contributed by atoms with Gasteiger partial charge in [-0.15, -0.1) is 12.4 Å². The molecule has 1 aromatic rings. The molecule has 2 saturated heterocycles. The van der Waals surface area contributed by atoms with Crippen LogP contribution in [0.3, 0.4) is 0 Å². The topological polar surface area (TPSA) is 78.5 Å². The number of hydrogen-bond acceptors (Lipinski definition) is 4. The van der Waals surface area contributed by atoms with Crippen LogP contribution in [0, 0.1) is 12.8 Å². The number of nitrogens with zero attached hydrogens (tertiary/aromatic N) is 1. The summed E-state index contributed by atoms with van der Waals surface area (Å²) in [6, 6.07) is 7.04. The number of amides is 1. The van der Waals surface area contributed by atoms with Gasteiger partial charge in [-0.1, -0.05) is 17.7 Å². The van der Waals surface area contributed by atoms with Gasteiger partial charge in [-0.3, -0.25) is 4.79 Å². The lowest BCUT2D eigenvalue weighted by molar-refractivity contribution is -0.122. The lowest BCUT2D eigenvalue weighted by Crippen LogP contribution is -2.46. The Bertz CT molecular complexity index is 710. The SMILES string of the molecule is Cc1ccc(S(=O)(=O)N2CCC(NC(=O)CCC3CCNC3)CC2)cc1.Cl. The van der Waals surface area contributed by atoms with E-state index in [1.807, 2.05) is 19.1 Å². The number of nitrogens with one attached hydrogen (secondary N) is 2. The van der Waals surface area contributed by atoms with E-state index in [4.69, 9.17) is 0 Å². The molecule has 6 nitrogen and oxygen atoms in total. The number of benzene rings is 1. The molecule has 0 aromatic heterocycles. The molecule has 0 bridgehead atoms. The van der Waals surface area contributed by atoms with Crippen molar-refractivity contribution in [3.05, 3.63) is 29.8 Å². The second-order valence-corrected chi connectivity index (χ2v) is 9.39. The molecule has 2 aliphatic heterocycles. The maximum Gasteiger partial charge on any atom is 0.243 e. The molecule has 0 saturated carbocycles. The van der Waals surface area contributed by atoms with Crippen molar-refractivity contribution in [2.75, 3.05) is 26.2 Å². The fourth-order valence-electron chi connectivity index (χ4n) is 3.70. The molecule has 2 heterocycles. The molecule has 8 heteroatoms. The Hall–Kier alpha value is -1.15. The zero-order chi connectivity index (χ0) is 18.6. The quantitative estimate of drug-likeness (QED) is 0.745. The molecular weight excluding hydrogens is 386 g/mol. The van der Waals surface area contributed by atoms with Crippen molar-refractivity contribution in [2.45, 2.75) is 50.0 Å². The Balaban J connectivity index is 0.00000261. The molecule has 0 spiro atoms. The van der Waals surface area contributed by atoms with E-state index < -0.39 is 10.0 Å². The van der Waals surface area contributed by atoms with Crippen LogP contribution in [0.1, 0.15) is 37.7 Å². The highest BCUT2D eigenvalue weighted by molar-refractivity contribution is 7.89. The summed E-state index contributed by atoms with van der Waals surface area (Å²) in [4.78, 5) is 12.5. The molecule has 2 fully saturated rings. The Kier molecular flexibility index (Phi) is 8.09. The highest BCUT2D eigenvalue weighted by atomic mass is 35.5. The molecule has 1 atom stereocenters. The van der Waals surface area contributed by atoms with Gasteiger partial charge in [0.1, 0.15) is 0 Å². The Morgan fingerprint density at radius 2 is 1.85 bits per heavy atom. The molecule has 1 aromatic carbocycles. The van der Waals surface area contributed by atoms with Gasteiger partial charge in [0.25, 0.3) is 0 Å². The standard InChI is InChI=1S/C19H29N3O3S.ClH/c1-15-2-5-18(6-3-15)26(24,25)22-12-9-17(10-13-22)21-19(23)7-4-16-8-11-20-14-16;/h2-3,5-6,16-17,20H,4,7-14H2,1H3,(H,21,23);1H. The van der Waals surface area contributed by atoms with E-state index in [9.17, 15) is 13.2 Å². The van der Waals surface area contributed by atoms with Crippen LogP contribution in [0.25, 0.3) is 0 Å². The fourth-order valence-corrected chi connectivity index (χ4v) is 5.17. The zero-order valence-corrected chi connectivity index (χ0v) is 17.4. The summed E-state index contributed by atoms with van der Waals surface area (Å²) < 4.78 is 27.0. The van der Waals surface area contributed by atoms with E-state index >= 15 is 0 Å². The molecule has 3 rings (SSSR count). The van der Waals surface area contributed by atoms with Gasteiger partial charge in [0.15, 0.2) is 0 Å². The van der Waals surface area contributed by atoms with Crippen LogP contribution >= 0.6 is 12.4 Å². The van der Waals surface area contributed by atoms with E-state index in [2.05, 4.69) is 10.6 Å². The van der Waals surface area contributed by atoms with Gasteiger partial charge < -0.3 is 10.6 Å². The number of hydrogen-bond donors (Lipinski definition) is 2. The molecule has 0 radical (unpaired) electrons. The second kappa shape index (κ2) is 9.87. The number of rotatable bonds is 6. The first-order chi connectivity index (χ1) is 12.4. The number of carbonyl (C=O) groups excluding carboxylic acids is 1. The number of aryl methyl sites for hydroxylation is 1. The molecular formula is C19H30ClN3O3S. The number of halogens is 1. The average Bonchev–Trinajstić information content (AvgIpc) is 3.14. The maximum absolute atomic E-state index is 12.7. The van der Waals surface area contributed by atoms with Crippen molar-refractivity contribution < 1.29 is 13.2 Å². The minimum atomic E-state index is -3.44. The summed E-state index contributed by atoms with van der Waals surface area (Å²) in [5.74, 6) is 0.707. The summed E-state index contributed by atoms with van der Waals surface area (Å²) in [6.07, 6.45) is 3.99. The van der Waals surface area contributed by atoms with Crippen molar-refractivity contribution in [1.82, 2.24) is 14.9 Å². The van der Waals surface area contributed by atoms with E-state index in [1.165, 1.54) is 4.31 Å². The van der Waals surface area contributed by atoms with Gasteiger partial charge in [-0.25, -0.2) is 8.42 Å². The lowest BCUT2D eigenvalue weighted by Gasteiger charge is -2.31. The minimum absolute atomic E-state index is 0. The van der Waals surface area contributed by atoms with Crippen LogP contribution in [-0.2, 0) is 14.8 Å². The predicted octanol–water partition coefficient (Wildman–Crippen LogP) is 2.08. The average molecular weight is 416 g/mol. The Labute approximate surface area is 168 Å². The number of piperidine rings is 1. The summed E-state index contributed by atoms with van der Waals surface area (Å²) in [6.45, 7) is 4.91. The number of sulfonamides is 1. The molecule has 2 aliphatic rings. The molecule has 2 N–H and O–H groups in total. The minimum Gasteiger partial charge on any atom is -0.353 e. The third kappa shape index (κ3) is 5.91. The first-order valence-electron chi connectivity index (χ1n) is 9.52. The van der Waals surface area contributed by atoms with Gasteiger partial charge in [-0.05, 0) is 63.7 Å². The Morgan fingerprint density at radius 1 is 1.19 bits per heavy atom. The smallest absolute Gasteiger partial charge is 0.243 e. The van der Waals surface area contributed by atoms with E-state index in [0.29, 0.717) is 43.2 Å². The van der Waals surface area contributed by atoms with Crippen LogP contribution in [0.4, 0.5) is 0 Å². The molecule has 1 unspecified atom stereocenters. The first-order valence-corrected chi connectivity index (χ1v) is 11.0. The Morgan fingerprint density at radius 3 is 2.44 bits per heavy atom. The van der Waals surface area contributed by atoms with Crippen molar-refractivity contribution in [3.63, 3.8) is 0 Å². The van der Waals surface area contributed by atoms with Crippen molar-refractivity contribution in [1.29, 1.82) is 0 Å². The van der Waals surface area contributed by atoms with E-state index in [1.54, 1.807) is 12.1 Å². The number of carbonyl (C=O) groups is 1. The normalized spacial score (nSPS) is 21.6. The van der Waals surface area contributed by atoms with Gasteiger partial charge in [0.05, 0.1) is 4.90 Å². The molecule has 27 heavy (non-hydrogen) atoms. The van der Waals surface area contributed by atoms with Crippen molar-refractivity contribution in [3.8, 4) is 0 Å². The molecule has 0 aliphatic carbocycles. The zero-order valence-electron chi connectivity index (χ0n) is 15.8. The van der Waals surface area contributed by atoms with Crippen molar-refractivity contribution in [2.24, 2.45) is 5.92 Å². The first kappa shape index (κ1) is 22.1. The van der Waals surface area contributed by atoms with Gasteiger partial charge in [0.2, 0.25) is 15.9 Å². The predicted molar refractivity (Wildman–Crippen MR) is 109 cm³/mol. The summed E-state index contributed by atoms with van der Waals surface area (Å²) in [7, 11) is -3.44. The summed E-state index contributed by atoms with van der Waals surface area (Å²) >= 11 is 0. The lowest BCUT2D eigenvalue weighted by atomic mass is 10.0. The third-order valence-corrected chi connectivity index (χ3v) is 7.33. The van der Waals surface area contributed by atoms with Crippen molar-refractivity contribution >= 4 is 28.3 Å². The van der Waals surface area contributed by atoms with Crippen LogP contribution in [0.15, 0.2) is 29.2 Å². The second-order valence-electron chi connectivity index (χ2n) is 7.46. The van der Waals surface area contributed by atoms with Crippen LogP contribution in [0.5, 0.6) is 0 Å². The summed E-state index contributed by atoms with van der Waals surface area (Å²) in [5.41, 5.74) is 1.04. The van der Waals surface area contributed by atoms with Gasteiger partial charge >= 0.3 is 0 Å². The highest BCUT2D eigenvalue weighted by Gasteiger charge is 2.30.